The Labute approximate surface area is 190 Å². The molecule has 174 valence electrons. The predicted molar refractivity (Wildman–Crippen MR) is 127 cm³/mol. The van der Waals surface area contributed by atoms with Crippen molar-refractivity contribution in [1.82, 2.24) is 19.7 Å². The van der Waals surface area contributed by atoms with Gasteiger partial charge in [0.1, 0.15) is 6.54 Å². The Kier molecular flexibility index (Phi) is 8.85. The number of carbonyl (C=O) groups excluding carboxylic acids is 3. The molecule has 1 aromatic heterocycles. The van der Waals surface area contributed by atoms with Gasteiger partial charge in [-0.2, -0.15) is 0 Å². The molecule has 32 heavy (non-hydrogen) atoms. The van der Waals surface area contributed by atoms with Crippen LogP contribution in [0.4, 0.5) is 0 Å². The van der Waals surface area contributed by atoms with E-state index in [-0.39, 0.29) is 12.5 Å². The van der Waals surface area contributed by atoms with Gasteiger partial charge in [0, 0.05) is 36.7 Å². The molecule has 1 aliphatic heterocycles. The summed E-state index contributed by atoms with van der Waals surface area (Å²) in [4.78, 5) is 42.5. The Hall–Kier alpha value is -2.67. The van der Waals surface area contributed by atoms with Crippen molar-refractivity contribution >= 4 is 28.5 Å². The highest BCUT2D eigenvalue weighted by Gasteiger charge is 2.23. The Bertz CT molecular complexity index is 924. The van der Waals surface area contributed by atoms with Gasteiger partial charge < -0.3 is 19.7 Å². The molecule has 0 bridgehead atoms. The Morgan fingerprint density at radius 2 is 1.69 bits per heavy atom. The second kappa shape index (κ2) is 11.8. The first-order valence-electron chi connectivity index (χ1n) is 12.0. The number of carbonyl (C=O) groups is 3. The van der Waals surface area contributed by atoms with E-state index in [1.54, 1.807) is 6.20 Å². The number of para-hydroxylation sites is 1. The van der Waals surface area contributed by atoms with E-state index < -0.39 is 11.7 Å². The summed E-state index contributed by atoms with van der Waals surface area (Å²) >= 11 is 0. The van der Waals surface area contributed by atoms with E-state index in [0.717, 1.165) is 57.5 Å². The summed E-state index contributed by atoms with van der Waals surface area (Å²) in [5.41, 5.74) is 1.15. The minimum absolute atomic E-state index is 0.0625. The summed E-state index contributed by atoms with van der Waals surface area (Å²) < 4.78 is 1.81. The van der Waals surface area contributed by atoms with Crippen LogP contribution in [0.25, 0.3) is 10.9 Å². The third-order valence-electron chi connectivity index (χ3n) is 6.33. The van der Waals surface area contributed by atoms with Crippen LogP contribution in [0.3, 0.4) is 0 Å². The van der Waals surface area contributed by atoms with Crippen LogP contribution in [-0.4, -0.2) is 71.2 Å². The van der Waals surface area contributed by atoms with Crippen molar-refractivity contribution in [3.05, 3.63) is 36.0 Å². The lowest BCUT2D eigenvalue weighted by atomic mass is 10.1. The normalized spacial score (nSPS) is 14.5. The molecule has 0 saturated carbocycles. The van der Waals surface area contributed by atoms with E-state index in [1.807, 2.05) is 33.7 Å². The van der Waals surface area contributed by atoms with Crippen molar-refractivity contribution in [3.63, 3.8) is 0 Å². The average Bonchev–Trinajstić information content (AvgIpc) is 2.98. The van der Waals surface area contributed by atoms with Crippen LogP contribution in [0.5, 0.6) is 0 Å². The topological polar surface area (TPSA) is 74.6 Å². The number of ketones is 1. The molecule has 2 aromatic rings. The monoisotopic (exact) mass is 440 g/mol. The molecule has 3 rings (SSSR count). The SMILES string of the molecule is CCN(CC)CCCNC(=O)C(=O)c1cn(CC(=O)N2CCCCCC2)c2ccccc12. The summed E-state index contributed by atoms with van der Waals surface area (Å²) in [5.74, 6) is -1.08. The Morgan fingerprint density at radius 3 is 2.38 bits per heavy atom. The molecular weight excluding hydrogens is 404 g/mol. The molecule has 1 saturated heterocycles. The van der Waals surface area contributed by atoms with Gasteiger partial charge in [-0.05, 0) is 45.0 Å². The quantitative estimate of drug-likeness (QED) is 0.350. The lowest BCUT2D eigenvalue weighted by Crippen LogP contribution is -2.34. The van der Waals surface area contributed by atoms with Gasteiger partial charge in [-0.3, -0.25) is 14.4 Å². The maximum atomic E-state index is 12.9. The van der Waals surface area contributed by atoms with Gasteiger partial charge in [0.05, 0.1) is 5.56 Å². The number of nitrogens with zero attached hydrogens (tertiary/aromatic N) is 3. The van der Waals surface area contributed by atoms with Crippen molar-refractivity contribution in [2.45, 2.75) is 52.5 Å². The molecule has 0 unspecified atom stereocenters. The standard InChI is InChI=1S/C25H36N4O3/c1-3-27(4-2)15-11-14-26-25(32)24(31)21-18-29(22-13-8-7-12-20(21)22)19-23(30)28-16-9-5-6-10-17-28/h7-8,12-13,18H,3-6,9-11,14-17,19H2,1-2H3,(H,26,32). The Morgan fingerprint density at radius 1 is 1.00 bits per heavy atom. The number of nitrogens with one attached hydrogen (secondary N) is 1. The van der Waals surface area contributed by atoms with Crippen molar-refractivity contribution in [1.29, 1.82) is 0 Å². The number of hydrogen-bond donors (Lipinski definition) is 1. The van der Waals surface area contributed by atoms with E-state index >= 15 is 0 Å². The maximum absolute atomic E-state index is 12.9. The molecule has 0 aliphatic carbocycles. The first kappa shape index (κ1) is 24.0. The molecule has 0 atom stereocenters. The highest BCUT2D eigenvalue weighted by Crippen LogP contribution is 2.22. The third kappa shape index (κ3) is 5.97. The first-order valence-corrected chi connectivity index (χ1v) is 12.0. The number of fused-ring (bicyclic) bond motifs is 1. The molecular formula is C25H36N4O3. The van der Waals surface area contributed by atoms with E-state index in [0.29, 0.717) is 17.5 Å². The number of likely N-dealkylation sites (tertiary alicyclic amines) is 1. The van der Waals surface area contributed by atoms with E-state index in [9.17, 15) is 14.4 Å². The van der Waals surface area contributed by atoms with Crippen LogP contribution in [0.2, 0.25) is 0 Å². The zero-order chi connectivity index (χ0) is 22.9. The fraction of sp³-hybridized carbons (Fsp3) is 0.560. The van der Waals surface area contributed by atoms with Crippen molar-refractivity contribution in [2.75, 3.05) is 39.3 Å². The molecule has 2 amide bonds. The third-order valence-corrected chi connectivity index (χ3v) is 6.33. The maximum Gasteiger partial charge on any atom is 0.292 e. The van der Waals surface area contributed by atoms with Gasteiger partial charge in [-0.1, -0.05) is 44.9 Å². The Balaban J connectivity index is 1.68. The fourth-order valence-corrected chi connectivity index (χ4v) is 4.37. The summed E-state index contributed by atoms with van der Waals surface area (Å²) in [6.45, 7) is 9.28. The van der Waals surface area contributed by atoms with Gasteiger partial charge in [0.15, 0.2) is 0 Å². The van der Waals surface area contributed by atoms with Gasteiger partial charge >= 0.3 is 0 Å². The molecule has 0 spiro atoms. The molecule has 0 radical (unpaired) electrons. The zero-order valence-corrected chi connectivity index (χ0v) is 19.4. The van der Waals surface area contributed by atoms with Crippen LogP contribution in [0, 0.1) is 0 Å². The van der Waals surface area contributed by atoms with E-state index in [2.05, 4.69) is 24.1 Å². The summed E-state index contributed by atoms with van der Waals surface area (Å²) in [6, 6.07) is 7.46. The van der Waals surface area contributed by atoms with Crippen molar-refractivity contribution in [2.24, 2.45) is 0 Å². The fourth-order valence-electron chi connectivity index (χ4n) is 4.37. The molecule has 7 heteroatoms. The van der Waals surface area contributed by atoms with Crippen LogP contribution in [0.1, 0.15) is 56.3 Å². The molecule has 2 heterocycles. The largest absolute Gasteiger partial charge is 0.349 e. The minimum Gasteiger partial charge on any atom is -0.349 e. The van der Waals surface area contributed by atoms with Crippen LogP contribution < -0.4 is 5.32 Å². The smallest absolute Gasteiger partial charge is 0.292 e. The minimum atomic E-state index is -0.591. The molecule has 1 aliphatic rings. The van der Waals surface area contributed by atoms with E-state index in [1.165, 1.54) is 12.8 Å². The summed E-state index contributed by atoms with van der Waals surface area (Å²) in [7, 11) is 0. The zero-order valence-electron chi connectivity index (χ0n) is 19.4. The molecule has 7 nitrogen and oxygen atoms in total. The summed E-state index contributed by atoms with van der Waals surface area (Å²) in [6.07, 6.45) is 6.87. The number of rotatable bonds is 10. The highest BCUT2D eigenvalue weighted by molar-refractivity contribution is 6.45. The molecule has 1 aromatic carbocycles. The number of aromatic nitrogens is 1. The van der Waals surface area contributed by atoms with Crippen LogP contribution in [-0.2, 0) is 16.1 Å². The first-order chi connectivity index (χ1) is 15.5. The number of amides is 2. The lowest BCUT2D eigenvalue weighted by Gasteiger charge is -2.20. The van der Waals surface area contributed by atoms with Gasteiger partial charge in [-0.15, -0.1) is 0 Å². The van der Waals surface area contributed by atoms with E-state index in [4.69, 9.17) is 0 Å². The number of benzene rings is 1. The van der Waals surface area contributed by atoms with Gasteiger partial charge in [0.25, 0.3) is 11.7 Å². The lowest BCUT2D eigenvalue weighted by molar-refractivity contribution is -0.131. The number of Topliss-reactive ketones (excluding diaryl/α,β-unsaturated/α-hetero) is 1. The average molecular weight is 441 g/mol. The van der Waals surface area contributed by atoms with Gasteiger partial charge in [0.2, 0.25) is 5.91 Å². The van der Waals surface area contributed by atoms with Crippen LogP contribution >= 0.6 is 0 Å². The second-order valence-corrected chi connectivity index (χ2v) is 8.45. The second-order valence-electron chi connectivity index (χ2n) is 8.45. The highest BCUT2D eigenvalue weighted by atomic mass is 16.2. The predicted octanol–water partition coefficient (Wildman–Crippen LogP) is 3.07. The molecule has 1 fully saturated rings. The molecule has 1 N–H and O–H groups in total. The van der Waals surface area contributed by atoms with Crippen molar-refractivity contribution < 1.29 is 14.4 Å². The van der Waals surface area contributed by atoms with Crippen molar-refractivity contribution in [3.8, 4) is 0 Å². The van der Waals surface area contributed by atoms with Crippen LogP contribution in [0.15, 0.2) is 30.5 Å². The van der Waals surface area contributed by atoms with Gasteiger partial charge in [-0.25, -0.2) is 0 Å². The summed E-state index contributed by atoms with van der Waals surface area (Å²) in [5, 5.41) is 3.47. The number of hydrogen-bond acceptors (Lipinski definition) is 4.